The number of hydrogen-bond acceptors (Lipinski definition) is 8. The Morgan fingerprint density at radius 2 is 1.55 bits per heavy atom. The molecule has 10 nitrogen and oxygen atoms in total. The Morgan fingerprint density at radius 3 is 2.31 bits per heavy atom. The van der Waals surface area contributed by atoms with Crippen molar-refractivity contribution in [2.45, 2.75) is 89.1 Å². The molecule has 0 bridgehead atoms. The molecule has 4 N–H and O–H groups in total. The molecule has 6 rings (SSSR count). The number of aliphatic hydroxyl groups excluding tert-OH is 1. The quantitative estimate of drug-likeness (QED) is 0.136. The molecule has 0 aliphatic carbocycles. The lowest BCUT2D eigenvalue weighted by atomic mass is 9.97. The summed E-state index contributed by atoms with van der Waals surface area (Å²) in [5.74, 6) is -0.643. The smallest absolute Gasteiger partial charge is 0.243 e. The van der Waals surface area contributed by atoms with Gasteiger partial charge in [-0.2, -0.15) is 0 Å². The Hall–Kier alpha value is -3.64. The number of carbonyl (C=O) groups is 2. The van der Waals surface area contributed by atoms with Crippen molar-refractivity contribution >= 4 is 11.8 Å². The molecule has 0 saturated carbocycles. The van der Waals surface area contributed by atoms with Crippen LogP contribution in [0.2, 0.25) is 0 Å². The molecule has 3 fully saturated rings. The van der Waals surface area contributed by atoms with E-state index < -0.39 is 12.2 Å². The molecular formula is C39H50N4O6. The number of hydrogen-bond donors (Lipinski definition) is 4. The third-order valence-corrected chi connectivity index (χ3v) is 10.1. The van der Waals surface area contributed by atoms with Gasteiger partial charge in [0.25, 0.3) is 0 Å². The van der Waals surface area contributed by atoms with Gasteiger partial charge in [0.2, 0.25) is 11.8 Å². The number of carbonyl (C=O) groups excluding carboxylic acids is 2. The fourth-order valence-electron chi connectivity index (χ4n) is 7.42. The van der Waals surface area contributed by atoms with Crippen LogP contribution in [-0.2, 0) is 32.2 Å². The molecule has 262 valence electrons. The topological polar surface area (TPSA) is 124 Å². The molecule has 3 saturated heterocycles. The van der Waals surface area contributed by atoms with Crippen LogP contribution in [0.1, 0.15) is 86.0 Å². The molecule has 3 aromatic rings. The Balaban J connectivity index is 1.14. The normalized spacial score (nSPS) is 23.1. The van der Waals surface area contributed by atoms with Gasteiger partial charge >= 0.3 is 0 Å². The van der Waals surface area contributed by atoms with Gasteiger partial charge in [0.1, 0.15) is 0 Å². The average molecular weight is 671 g/mol. The summed E-state index contributed by atoms with van der Waals surface area (Å²) >= 11 is 0. The van der Waals surface area contributed by atoms with Crippen LogP contribution in [-0.4, -0.2) is 76.8 Å². The van der Waals surface area contributed by atoms with Gasteiger partial charge < -0.3 is 24.8 Å². The fraction of sp³-hybridized carbons (Fsp3) is 0.487. The monoisotopic (exact) mass is 670 g/mol. The molecule has 4 atom stereocenters. The number of rotatable bonds is 14. The summed E-state index contributed by atoms with van der Waals surface area (Å²) in [6.45, 7) is 5.95. The number of nitrogens with one attached hydrogen (secondary N) is 2. The molecule has 0 spiro atoms. The summed E-state index contributed by atoms with van der Waals surface area (Å²) in [5.41, 5.74) is 7.56. The Kier molecular flexibility index (Phi) is 12.5. The maximum atomic E-state index is 12.4. The highest BCUT2D eigenvalue weighted by molar-refractivity contribution is 5.78. The number of ether oxygens (including phenoxy) is 2. The molecule has 49 heavy (non-hydrogen) atoms. The van der Waals surface area contributed by atoms with Crippen molar-refractivity contribution in [2.75, 3.05) is 32.7 Å². The molecule has 3 aliphatic heterocycles. The molecule has 10 heteroatoms. The minimum Gasteiger partial charge on any atom is -0.392 e. The van der Waals surface area contributed by atoms with E-state index in [0.717, 1.165) is 59.4 Å². The molecule has 2 amide bonds. The first-order chi connectivity index (χ1) is 24.0. The SMILES string of the molecule is O=C(CCCC(=O)NCc1ccccc1-c1ccc([C@@H]2O[C@H](CN3CCC[C@H]3CN3CCCC3)C[C@H](c3ccc(CO)cc3)O2)cc1)NO. The van der Waals surface area contributed by atoms with Crippen molar-refractivity contribution in [3.05, 3.63) is 95.1 Å². The Morgan fingerprint density at radius 1 is 0.816 bits per heavy atom. The van der Waals surface area contributed by atoms with Gasteiger partial charge in [0.05, 0.1) is 18.8 Å². The predicted molar refractivity (Wildman–Crippen MR) is 186 cm³/mol. The van der Waals surface area contributed by atoms with E-state index in [-0.39, 0.29) is 37.6 Å². The molecule has 3 heterocycles. The second kappa shape index (κ2) is 17.3. The summed E-state index contributed by atoms with van der Waals surface area (Å²) in [6, 6.07) is 24.9. The lowest BCUT2D eigenvalue weighted by Crippen LogP contribution is -2.45. The van der Waals surface area contributed by atoms with Crippen LogP contribution in [0.15, 0.2) is 72.8 Å². The highest BCUT2D eigenvalue weighted by Crippen LogP contribution is 2.39. The zero-order valence-electron chi connectivity index (χ0n) is 28.3. The van der Waals surface area contributed by atoms with Crippen LogP contribution in [0.4, 0.5) is 0 Å². The molecule has 0 aromatic heterocycles. The molecule has 0 radical (unpaired) electrons. The average Bonchev–Trinajstić information content (AvgIpc) is 3.83. The van der Waals surface area contributed by atoms with Crippen molar-refractivity contribution in [1.29, 1.82) is 0 Å². The van der Waals surface area contributed by atoms with Crippen LogP contribution in [0.5, 0.6) is 0 Å². The Bertz CT molecular complexity index is 1510. The van der Waals surface area contributed by atoms with Crippen molar-refractivity contribution in [2.24, 2.45) is 0 Å². The Labute approximate surface area is 289 Å². The fourth-order valence-corrected chi connectivity index (χ4v) is 7.42. The highest BCUT2D eigenvalue weighted by atomic mass is 16.7. The lowest BCUT2D eigenvalue weighted by molar-refractivity contribution is -0.253. The molecule has 3 aliphatic rings. The van der Waals surface area contributed by atoms with Crippen molar-refractivity contribution < 1.29 is 29.4 Å². The van der Waals surface area contributed by atoms with E-state index in [9.17, 15) is 14.7 Å². The van der Waals surface area contributed by atoms with E-state index in [1.54, 1.807) is 5.48 Å². The van der Waals surface area contributed by atoms with Gasteiger partial charge in [-0.15, -0.1) is 0 Å². The van der Waals surface area contributed by atoms with Crippen LogP contribution in [0.3, 0.4) is 0 Å². The molecule has 3 aromatic carbocycles. The largest absolute Gasteiger partial charge is 0.392 e. The van der Waals surface area contributed by atoms with Gasteiger partial charge in [-0.25, -0.2) is 5.48 Å². The second-order valence-electron chi connectivity index (χ2n) is 13.6. The maximum absolute atomic E-state index is 12.4. The van der Waals surface area contributed by atoms with Gasteiger partial charge in [0, 0.05) is 50.5 Å². The molecule has 0 unspecified atom stereocenters. The van der Waals surface area contributed by atoms with E-state index in [0.29, 0.717) is 19.0 Å². The number of amides is 2. The number of hydroxylamine groups is 1. The van der Waals surface area contributed by atoms with Crippen LogP contribution in [0.25, 0.3) is 11.1 Å². The van der Waals surface area contributed by atoms with Gasteiger partial charge in [-0.3, -0.25) is 19.7 Å². The third kappa shape index (κ3) is 9.54. The summed E-state index contributed by atoms with van der Waals surface area (Å²) < 4.78 is 13.4. The summed E-state index contributed by atoms with van der Waals surface area (Å²) in [6.07, 6.45) is 5.89. The number of benzene rings is 3. The summed E-state index contributed by atoms with van der Waals surface area (Å²) in [5, 5.41) is 21.2. The predicted octanol–water partition coefficient (Wildman–Crippen LogP) is 5.24. The van der Waals surface area contributed by atoms with E-state index in [1.807, 2.05) is 36.4 Å². The van der Waals surface area contributed by atoms with E-state index in [1.165, 1.54) is 38.8 Å². The van der Waals surface area contributed by atoms with Gasteiger partial charge in [0.15, 0.2) is 6.29 Å². The number of likely N-dealkylation sites (tertiary alicyclic amines) is 2. The molecular weight excluding hydrogens is 620 g/mol. The van der Waals surface area contributed by atoms with Crippen molar-refractivity contribution in [3.63, 3.8) is 0 Å². The van der Waals surface area contributed by atoms with E-state index in [2.05, 4.69) is 51.5 Å². The first-order valence-corrected chi connectivity index (χ1v) is 17.8. The van der Waals surface area contributed by atoms with Gasteiger partial charge in [-0.1, -0.05) is 72.8 Å². The first-order valence-electron chi connectivity index (χ1n) is 17.8. The highest BCUT2D eigenvalue weighted by Gasteiger charge is 2.36. The number of nitrogens with zero attached hydrogens (tertiary/aromatic N) is 2. The first kappa shape index (κ1) is 35.2. The zero-order valence-corrected chi connectivity index (χ0v) is 28.3. The summed E-state index contributed by atoms with van der Waals surface area (Å²) in [4.78, 5) is 28.9. The van der Waals surface area contributed by atoms with Crippen LogP contribution < -0.4 is 10.8 Å². The van der Waals surface area contributed by atoms with Crippen LogP contribution >= 0.6 is 0 Å². The standard InChI is InChI=1S/C39H50N4O6/c44-27-28-12-14-30(15-13-28)36-23-34(26-43-22-6-8-33(43)25-42-20-3-4-21-42)48-39(49-36)31-18-16-29(17-19-31)35-9-2-1-7-32(35)24-40-37(45)10-5-11-38(46)41-47/h1-2,7,9,12-19,33-34,36,39,44,47H,3-6,8,10-11,20-27H2,(H,40,45)(H,41,46)/t33-,34-,36+,39+/m0/s1. The van der Waals surface area contributed by atoms with E-state index in [4.69, 9.17) is 14.7 Å². The minimum absolute atomic E-state index is 0.0148. The lowest BCUT2D eigenvalue weighted by Gasteiger charge is -2.39. The van der Waals surface area contributed by atoms with E-state index >= 15 is 0 Å². The zero-order chi connectivity index (χ0) is 34.0. The van der Waals surface area contributed by atoms with Crippen molar-refractivity contribution in [1.82, 2.24) is 20.6 Å². The maximum Gasteiger partial charge on any atom is 0.243 e. The van der Waals surface area contributed by atoms with Gasteiger partial charge in [-0.05, 0) is 79.6 Å². The third-order valence-electron chi connectivity index (χ3n) is 10.1. The second-order valence-corrected chi connectivity index (χ2v) is 13.6. The van der Waals surface area contributed by atoms with Crippen LogP contribution in [0, 0.1) is 0 Å². The summed E-state index contributed by atoms with van der Waals surface area (Å²) in [7, 11) is 0. The van der Waals surface area contributed by atoms with Crippen molar-refractivity contribution in [3.8, 4) is 11.1 Å². The minimum atomic E-state index is -0.516. The number of aliphatic hydroxyl groups is 1.